The molecule has 0 fully saturated rings. The number of hydrogen-bond donors (Lipinski definition) is 2. The first kappa shape index (κ1) is 18.3. The van der Waals surface area contributed by atoms with Crippen LogP contribution in [0, 0.1) is 5.21 Å². The summed E-state index contributed by atoms with van der Waals surface area (Å²) in [4.78, 5) is 3.92. The Morgan fingerprint density at radius 1 is 1.14 bits per heavy atom. The molecule has 0 aliphatic rings. The van der Waals surface area contributed by atoms with E-state index in [0.717, 1.165) is 19.4 Å². The van der Waals surface area contributed by atoms with Gasteiger partial charge in [-0.25, -0.2) is 4.73 Å². The second-order valence-corrected chi connectivity index (χ2v) is 5.53. The molecule has 0 saturated heterocycles. The van der Waals surface area contributed by atoms with E-state index in [9.17, 15) is 5.21 Å². The summed E-state index contributed by atoms with van der Waals surface area (Å²) in [5.41, 5.74) is 5.61. The van der Waals surface area contributed by atoms with Crippen molar-refractivity contribution >= 4 is 11.8 Å². The minimum Gasteiger partial charge on any atom is -0.754 e. The van der Waals surface area contributed by atoms with Crippen LogP contribution in [0.4, 0.5) is 11.8 Å². The van der Waals surface area contributed by atoms with Crippen LogP contribution in [0.1, 0.15) is 65.2 Å². The molecule has 0 aliphatic carbocycles. The topological polar surface area (TPSA) is 87.1 Å². The zero-order valence-electron chi connectivity index (χ0n) is 13.9. The van der Waals surface area contributed by atoms with Crippen molar-refractivity contribution in [2.45, 2.75) is 65.2 Å². The molecule has 0 radical (unpaired) electrons. The predicted octanol–water partition coefficient (Wildman–Crippen LogP) is 3.25. The smallest absolute Gasteiger partial charge is 0.347 e. The van der Waals surface area contributed by atoms with Gasteiger partial charge in [-0.05, 0) is 12.8 Å². The van der Waals surface area contributed by atoms with Crippen LogP contribution in [-0.2, 0) is 0 Å². The van der Waals surface area contributed by atoms with Gasteiger partial charge in [-0.1, -0.05) is 57.4 Å². The first-order valence-corrected chi connectivity index (χ1v) is 8.45. The summed E-state index contributed by atoms with van der Waals surface area (Å²) < 4.78 is 6.04. The van der Waals surface area contributed by atoms with Crippen LogP contribution in [-0.4, -0.2) is 18.1 Å². The maximum absolute atomic E-state index is 11.8. The fraction of sp³-hybridized carbons (Fsp3) is 0.750. The summed E-state index contributed by atoms with van der Waals surface area (Å²) in [6.07, 6.45) is 9.57. The molecule has 126 valence electrons. The lowest BCUT2D eigenvalue weighted by atomic mass is 10.1. The Balaban J connectivity index is 2.33. The fourth-order valence-corrected chi connectivity index (χ4v) is 2.19. The van der Waals surface area contributed by atoms with Crippen LogP contribution in [0.15, 0.2) is 6.07 Å². The number of aromatic nitrogens is 2. The molecule has 1 rings (SSSR count). The van der Waals surface area contributed by atoms with Gasteiger partial charge in [0.2, 0.25) is 5.82 Å². The molecule has 0 atom stereocenters. The van der Waals surface area contributed by atoms with Gasteiger partial charge in [0, 0.05) is 6.54 Å². The number of nitrogens with one attached hydrogen (secondary N) is 1. The van der Waals surface area contributed by atoms with E-state index in [1.54, 1.807) is 6.07 Å². The molecule has 6 heteroatoms. The van der Waals surface area contributed by atoms with Gasteiger partial charge in [-0.3, -0.25) is 0 Å². The lowest BCUT2D eigenvalue weighted by Gasteiger charge is -2.14. The standard InChI is InChI=1S/C16H30N4O2/c1-3-5-6-7-8-9-10-11-18-14-13-15(22-12-4-2)19-16(17)20(14)21/h13,18H,3-12H2,1-2H3,(H2,17,19). The number of nitrogens with zero attached hydrogens (tertiary/aromatic N) is 2. The second-order valence-electron chi connectivity index (χ2n) is 5.53. The Labute approximate surface area is 133 Å². The van der Waals surface area contributed by atoms with Gasteiger partial charge in [-0.2, -0.15) is 0 Å². The van der Waals surface area contributed by atoms with Crippen molar-refractivity contribution in [3.63, 3.8) is 0 Å². The molecule has 22 heavy (non-hydrogen) atoms. The van der Waals surface area contributed by atoms with Crippen molar-refractivity contribution in [1.29, 1.82) is 0 Å². The molecule has 1 heterocycles. The third kappa shape index (κ3) is 6.83. The number of rotatable bonds is 12. The van der Waals surface area contributed by atoms with E-state index in [4.69, 9.17) is 10.5 Å². The van der Waals surface area contributed by atoms with Crippen molar-refractivity contribution in [3.8, 4) is 5.88 Å². The summed E-state index contributed by atoms with van der Waals surface area (Å²) >= 11 is 0. The van der Waals surface area contributed by atoms with E-state index in [1.165, 1.54) is 38.5 Å². The predicted molar refractivity (Wildman–Crippen MR) is 89.9 cm³/mol. The molecule has 1 aromatic rings. The van der Waals surface area contributed by atoms with Gasteiger partial charge in [0.15, 0.2) is 0 Å². The molecule has 0 unspecified atom stereocenters. The molecule has 3 N–H and O–H groups in total. The average Bonchev–Trinajstić information content (AvgIpc) is 2.52. The van der Waals surface area contributed by atoms with E-state index in [-0.39, 0.29) is 5.95 Å². The third-order valence-electron chi connectivity index (χ3n) is 3.45. The van der Waals surface area contributed by atoms with Gasteiger partial charge < -0.3 is 21.0 Å². The minimum absolute atomic E-state index is 0.0873. The lowest BCUT2D eigenvalue weighted by molar-refractivity contribution is -0.577. The largest absolute Gasteiger partial charge is 0.754 e. The molecule has 6 nitrogen and oxygen atoms in total. The van der Waals surface area contributed by atoms with Crippen molar-refractivity contribution in [2.75, 3.05) is 24.2 Å². The maximum atomic E-state index is 11.8. The number of anilines is 2. The first-order chi connectivity index (χ1) is 10.7. The monoisotopic (exact) mass is 310 g/mol. The van der Waals surface area contributed by atoms with Crippen LogP contribution >= 0.6 is 0 Å². The Bertz CT molecular complexity index is 427. The summed E-state index contributed by atoms with van der Waals surface area (Å²) in [6, 6.07) is 1.61. The number of nitrogen functional groups attached to an aromatic ring is 1. The Hall–Kier alpha value is -1.72. The van der Waals surface area contributed by atoms with E-state index >= 15 is 0 Å². The van der Waals surface area contributed by atoms with Crippen LogP contribution < -0.4 is 20.5 Å². The molecule has 0 saturated carbocycles. The summed E-state index contributed by atoms with van der Waals surface area (Å²) in [6.45, 7) is 5.56. The van der Waals surface area contributed by atoms with Crippen LogP contribution in [0.2, 0.25) is 0 Å². The van der Waals surface area contributed by atoms with Crippen LogP contribution in [0.5, 0.6) is 5.88 Å². The highest BCUT2D eigenvalue weighted by molar-refractivity contribution is 5.36. The van der Waals surface area contributed by atoms with Gasteiger partial charge in [-0.15, -0.1) is 0 Å². The highest BCUT2D eigenvalue weighted by Gasteiger charge is 2.10. The number of nitrogens with two attached hydrogens (primary N) is 1. The van der Waals surface area contributed by atoms with Crippen molar-refractivity contribution < 1.29 is 9.47 Å². The fourth-order valence-electron chi connectivity index (χ4n) is 2.19. The number of hydrogen-bond acceptors (Lipinski definition) is 5. The van der Waals surface area contributed by atoms with Crippen molar-refractivity contribution in [1.82, 2.24) is 4.98 Å². The molecule has 0 aromatic carbocycles. The quantitative estimate of drug-likeness (QED) is 0.351. The Kier molecular flexibility index (Phi) is 9.11. The van der Waals surface area contributed by atoms with E-state index < -0.39 is 0 Å². The minimum atomic E-state index is -0.0873. The normalized spacial score (nSPS) is 10.6. The molecular weight excluding hydrogens is 280 g/mol. The molecule has 0 spiro atoms. The zero-order valence-corrected chi connectivity index (χ0v) is 13.9. The van der Waals surface area contributed by atoms with Crippen molar-refractivity contribution in [2.24, 2.45) is 0 Å². The van der Waals surface area contributed by atoms with E-state index in [1.807, 2.05) is 6.92 Å². The lowest BCUT2D eigenvalue weighted by Crippen LogP contribution is -2.36. The molecular formula is C16H30N4O2. The SMILES string of the molecule is CCCCCCCCCNc1cc(OCCC)nc(N)[n+]1[O-]. The maximum Gasteiger partial charge on any atom is 0.347 e. The van der Waals surface area contributed by atoms with E-state index in [2.05, 4.69) is 17.2 Å². The molecule has 0 aliphatic heterocycles. The van der Waals surface area contributed by atoms with Gasteiger partial charge in [0.1, 0.15) is 0 Å². The summed E-state index contributed by atoms with van der Waals surface area (Å²) in [5, 5.41) is 15.0. The summed E-state index contributed by atoms with van der Waals surface area (Å²) in [7, 11) is 0. The van der Waals surface area contributed by atoms with Crippen LogP contribution in [0.25, 0.3) is 0 Å². The van der Waals surface area contributed by atoms with Crippen LogP contribution in [0.3, 0.4) is 0 Å². The first-order valence-electron chi connectivity index (χ1n) is 8.45. The molecule has 0 amide bonds. The van der Waals surface area contributed by atoms with Crippen molar-refractivity contribution in [3.05, 3.63) is 11.3 Å². The summed E-state index contributed by atoms with van der Waals surface area (Å²) in [5.74, 6) is 0.716. The molecule has 0 bridgehead atoms. The second kappa shape index (κ2) is 10.9. The number of unbranched alkanes of at least 4 members (excludes halogenated alkanes) is 6. The average molecular weight is 310 g/mol. The molecule has 1 aromatic heterocycles. The highest BCUT2D eigenvalue weighted by Crippen LogP contribution is 2.13. The third-order valence-corrected chi connectivity index (χ3v) is 3.45. The Morgan fingerprint density at radius 2 is 1.82 bits per heavy atom. The Morgan fingerprint density at radius 3 is 2.50 bits per heavy atom. The highest BCUT2D eigenvalue weighted by atomic mass is 16.5. The zero-order chi connectivity index (χ0) is 16.2. The van der Waals surface area contributed by atoms with Gasteiger partial charge in [0.25, 0.3) is 5.88 Å². The van der Waals surface area contributed by atoms with Gasteiger partial charge >= 0.3 is 5.95 Å². The number of ether oxygens (including phenoxy) is 1. The van der Waals surface area contributed by atoms with Gasteiger partial charge in [0.05, 0.1) is 12.7 Å². The van der Waals surface area contributed by atoms with E-state index in [0.29, 0.717) is 23.0 Å².